The molecule has 4 N–H and O–H groups in total. The molecule has 0 fully saturated rings. The zero-order valence-corrected chi connectivity index (χ0v) is 12.2. The first kappa shape index (κ1) is 16.9. The predicted molar refractivity (Wildman–Crippen MR) is 76.1 cm³/mol. The maximum atomic E-state index is 11.5. The number of nitrogens with one attached hydrogen (secondary N) is 2. The minimum Gasteiger partial charge on any atom is -0.479 e. The lowest BCUT2D eigenvalue weighted by molar-refractivity contribution is -0.385. The Balaban J connectivity index is 2.54. The number of benzene rings is 1. The quantitative estimate of drug-likeness (QED) is 0.444. The third-order valence-corrected chi connectivity index (χ3v) is 3.06. The number of hydrogen-bond acceptors (Lipinski definition) is 5. The summed E-state index contributed by atoms with van der Waals surface area (Å²) in [7, 11) is 0. The van der Waals surface area contributed by atoms with Gasteiger partial charge in [0.1, 0.15) is 0 Å². The number of aliphatic hydroxyl groups is 1. The van der Waals surface area contributed by atoms with E-state index in [2.05, 4.69) is 26.6 Å². The minimum absolute atomic E-state index is 0.0576. The number of rotatable bonds is 6. The van der Waals surface area contributed by atoms with Crippen molar-refractivity contribution in [1.82, 2.24) is 5.32 Å². The number of carbonyl (C=O) groups excluding carboxylic acids is 1. The number of nitrogens with zero attached hydrogens (tertiary/aromatic N) is 1. The number of aliphatic hydroxyl groups excluding tert-OH is 1. The van der Waals surface area contributed by atoms with Gasteiger partial charge in [-0.1, -0.05) is 0 Å². The fourth-order valence-electron chi connectivity index (χ4n) is 1.35. The summed E-state index contributed by atoms with van der Waals surface area (Å²) in [5, 5.41) is 32.9. The number of nitro benzene ring substituents is 1. The molecule has 1 aromatic rings. The van der Waals surface area contributed by atoms with Crippen LogP contribution < -0.4 is 10.6 Å². The summed E-state index contributed by atoms with van der Waals surface area (Å²) in [6.45, 7) is -0.0576. The number of aliphatic carboxylic acids is 1. The molecule has 114 valence electrons. The van der Waals surface area contributed by atoms with Gasteiger partial charge < -0.3 is 20.8 Å². The van der Waals surface area contributed by atoms with Gasteiger partial charge in [-0.2, -0.15) is 0 Å². The third kappa shape index (κ3) is 5.36. The Morgan fingerprint density at radius 2 is 2.10 bits per heavy atom. The van der Waals surface area contributed by atoms with E-state index >= 15 is 0 Å². The van der Waals surface area contributed by atoms with Crippen LogP contribution in [0.2, 0.25) is 0 Å². The average molecular weight is 362 g/mol. The van der Waals surface area contributed by atoms with Crippen molar-refractivity contribution in [2.24, 2.45) is 0 Å². The molecule has 0 saturated heterocycles. The summed E-state index contributed by atoms with van der Waals surface area (Å²) in [5.41, 5.74) is 0.00952. The number of halogens is 1. The van der Waals surface area contributed by atoms with Crippen LogP contribution in [0.1, 0.15) is 6.42 Å². The average Bonchev–Trinajstić information content (AvgIpc) is 2.40. The van der Waals surface area contributed by atoms with E-state index < -0.39 is 23.0 Å². The number of carboxylic acids is 1. The summed E-state index contributed by atoms with van der Waals surface area (Å²) < 4.78 is 0.281. The largest absolute Gasteiger partial charge is 0.479 e. The second kappa shape index (κ2) is 7.55. The molecule has 0 saturated carbocycles. The second-order valence-corrected chi connectivity index (χ2v) is 4.80. The molecule has 0 bridgehead atoms. The van der Waals surface area contributed by atoms with Crippen molar-refractivity contribution in [3.8, 4) is 0 Å². The van der Waals surface area contributed by atoms with Crippen molar-refractivity contribution in [3.05, 3.63) is 32.8 Å². The SMILES string of the molecule is O=C(NCC[C@H](O)C(=O)O)Nc1ccc(Br)c([N+](=O)[O-])c1. The molecule has 0 heterocycles. The van der Waals surface area contributed by atoms with Gasteiger partial charge in [0.25, 0.3) is 5.69 Å². The van der Waals surface area contributed by atoms with Crippen molar-refractivity contribution in [2.75, 3.05) is 11.9 Å². The summed E-state index contributed by atoms with van der Waals surface area (Å²) in [6.07, 6.45) is -1.71. The normalized spacial score (nSPS) is 11.5. The van der Waals surface area contributed by atoms with E-state index in [1.54, 1.807) is 0 Å². The molecular weight excluding hydrogens is 350 g/mol. The summed E-state index contributed by atoms with van der Waals surface area (Å²) in [4.78, 5) is 32.0. The first-order valence-corrected chi connectivity index (χ1v) is 6.50. The lowest BCUT2D eigenvalue weighted by Crippen LogP contribution is -2.33. The highest BCUT2D eigenvalue weighted by atomic mass is 79.9. The Bertz CT molecular complexity index is 565. The molecule has 0 aromatic heterocycles. The van der Waals surface area contributed by atoms with E-state index in [9.17, 15) is 19.7 Å². The van der Waals surface area contributed by atoms with E-state index in [-0.39, 0.29) is 28.8 Å². The molecule has 0 spiro atoms. The lowest BCUT2D eigenvalue weighted by Gasteiger charge is -2.09. The molecule has 10 heteroatoms. The number of urea groups is 1. The summed E-state index contributed by atoms with van der Waals surface area (Å²) in [5.74, 6) is -1.37. The molecule has 1 rings (SSSR count). The van der Waals surface area contributed by atoms with Crippen molar-refractivity contribution >= 4 is 39.3 Å². The maximum Gasteiger partial charge on any atom is 0.332 e. The van der Waals surface area contributed by atoms with Gasteiger partial charge in [-0.3, -0.25) is 10.1 Å². The zero-order valence-electron chi connectivity index (χ0n) is 10.6. The minimum atomic E-state index is -1.56. The molecular formula is C11H12BrN3O6. The Kier molecular flexibility index (Phi) is 6.06. The standard InChI is InChI=1S/C11H12BrN3O6/c12-7-2-1-6(5-8(7)15(20)21)14-11(19)13-4-3-9(16)10(17)18/h1-2,5,9,16H,3-4H2,(H,17,18)(H2,13,14,19)/t9-/m0/s1. The van der Waals surface area contributed by atoms with Crippen LogP contribution in [0.4, 0.5) is 16.2 Å². The van der Waals surface area contributed by atoms with E-state index in [1.807, 2.05) is 0 Å². The molecule has 0 radical (unpaired) electrons. The van der Waals surface area contributed by atoms with E-state index in [4.69, 9.17) is 10.2 Å². The molecule has 0 aliphatic heterocycles. The van der Waals surface area contributed by atoms with Gasteiger partial charge in [0, 0.05) is 24.7 Å². The maximum absolute atomic E-state index is 11.5. The molecule has 0 aliphatic carbocycles. The van der Waals surface area contributed by atoms with Crippen molar-refractivity contribution in [1.29, 1.82) is 0 Å². The molecule has 0 aliphatic rings. The van der Waals surface area contributed by atoms with Gasteiger partial charge in [0.15, 0.2) is 6.10 Å². The van der Waals surface area contributed by atoms with E-state index in [0.29, 0.717) is 0 Å². The predicted octanol–water partition coefficient (Wildman–Crippen LogP) is 1.31. The smallest absolute Gasteiger partial charge is 0.332 e. The first-order chi connectivity index (χ1) is 9.81. The number of carbonyl (C=O) groups is 2. The number of anilines is 1. The molecule has 1 aromatic carbocycles. The molecule has 1 atom stereocenters. The van der Waals surface area contributed by atoms with Gasteiger partial charge in [-0.05, 0) is 28.1 Å². The molecule has 9 nitrogen and oxygen atoms in total. The summed E-state index contributed by atoms with van der Waals surface area (Å²) in [6, 6.07) is 3.39. The highest BCUT2D eigenvalue weighted by Gasteiger charge is 2.15. The van der Waals surface area contributed by atoms with Crippen LogP contribution in [0.25, 0.3) is 0 Å². The van der Waals surface area contributed by atoms with Crippen LogP contribution in [-0.2, 0) is 4.79 Å². The van der Waals surface area contributed by atoms with Crippen LogP contribution in [0.3, 0.4) is 0 Å². The van der Waals surface area contributed by atoms with Gasteiger partial charge in [0.05, 0.1) is 9.40 Å². The Labute approximate surface area is 127 Å². The third-order valence-electron chi connectivity index (χ3n) is 2.39. The Morgan fingerprint density at radius 1 is 1.43 bits per heavy atom. The number of hydrogen-bond donors (Lipinski definition) is 4. The van der Waals surface area contributed by atoms with Crippen LogP contribution >= 0.6 is 15.9 Å². The Morgan fingerprint density at radius 3 is 2.67 bits per heavy atom. The fourth-order valence-corrected chi connectivity index (χ4v) is 1.74. The van der Waals surface area contributed by atoms with Gasteiger partial charge in [0.2, 0.25) is 0 Å². The van der Waals surface area contributed by atoms with Crippen LogP contribution in [-0.4, -0.2) is 39.8 Å². The van der Waals surface area contributed by atoms with Gasteiger partial charge in [-0.15, -0.1) is 0 Å². The summed E-state index contributed by atoms with van der Waals surface area (Å²) >= 11 is 3.02. The van der Waals surface area contributed by atoms with E-state index in [1.165, 1.54) is 18.2 Å². The van der Waals surface area contributed by atoms with Crippen LogP contribution in [0.15, 0.2) is 22.7 Å². The lowest BCUT2D eigenvalue weighted by atomic mass is 10.2. The number of nitro groups is 1. The zero-order chi connectivity index (χ0) is 16.0. The van der Waals surface area contributed by atoms with Crippen LogP contribution in [0.5, 0.6) is 0 Å². The van der Waals surface area contributed by atoms with Crippen molar-refractivity contribution in [2.45, 2.75) is 12.5 Å². The monoisotopic (exact) mass is 361 g/mol. The fraction of sp³-hybridized carbons (Fsp3) is 0.273. The topological polar surface area (TPSA) is 142 Å². The molecule has 2 amide bonds. The van der Waals surface area contributed by atoms with Crippen LogP contribution in [0, 0.1) is 10.1 Å². The van der Waals surface area contributed by atoms with Crippen molar-refractivity contribution in [3.63, 3.8) is 0 Å². The second-order valence-electron chi connectivity index (χ2n) is 3.95. The first-order valence-electron chi connectivity index (χ1n) is 5.71. The van der Waals surface area contributed by atoms with Gasteiger partial charge >= 0.3 is 12.0 Å². The highest BCUT2D eigenvalue weighted by Crippen LogP contribution is 2.27. The number of carboxylic acid groups (broad SMARTS) is 1. The highest BCUT2D eigenvalue weighted by molar-refractivity contribution is 9.10. The van der Waals surface area contributed by atoms with Gasteiger partial charge in [-0.25, -0.2) is 9.59 Å². The van der Waals surface area contributed by atoms with Crippen molar-refractivity contribution < 1.29 is 24.7 Å². The molecule has 0 unspecified atom stereocenters. The van der Waals surface area contributed by atoms with E-state index in [0.717, 1.165) is 0 Å². The Hall–Kier alpha value is -2.20. The molecule has 21 heavy (non-hydrogen) atoms. The number of amides is 2.